The smallest absolute Gasteiger partial charge is 0.0991 e. The van der Waals surface area contributed by atoms with Gasteiger partial charge in [0.2, 0.25) is 0 Å². The van der Waals surface area contributed by atoms with Crippen LogP contribution in [0.3, 0.4) is 0 Å². The second kappa shape index (κ2) is 6.87. The molecule has 0 fully saturated rings. The van der Waals surface area contributed by atoms with Gasteiger partial charge in [-0.3, -0.25) is 4.98 Å². The van der Waals surface area contributed by atoms with Crippen molar-refractivity contribution in [2.75, 3.05) is 19.0 Å². The number of rotatable bonds is 5. The fourth-order valence-electron chi connectivity index (χ4n) is 2.13. The van der Waals surface area contributed by atoms with Gasteiger partial charge in [-0.2, -0.15) is 5.26 Å². The van der Waals surface area contributed by atoms with Crippen LogP contribution in [0.15, 0.2) is 42.6 Å². The first kappa shape index (κ1) is 15.0. The molecule has 1 atom stereocenters. The lowest BCUT2D eigenvalue weighted by atomic mass is 10.1. The number of hydrogen-bond acceptors (Lipinski definition) is 4. The zero-order valence-corrected chi connectivity index (χ0v) is 12.7. The standard InChI is InChI=1S/C17H20N4/c1-13(19-2)17-8-7-16(11-20-17)21(3)12-15-6-4-5-14(9-15)10-18/h4-9,11,13,19H,12H2,1-3H3. The van der Waals surface area contributed by atoms with Crippen LogP contribution < -0.4 is 10.2 Å². The van der Waals surface area contributed by atoms with Crippen molar-refractivity contribution in [1.82, 2.24) is 10.3 Å². The summed E-state index contributed by atoms with van der Waals surface area (Å²) in [5, 5.41) is 12.1. The summed E-state index contributed by atoms with van der Waals surface area (Å²) >= 11 is 0. The predicted octanol–water partition coefficient (Wildman–Crippen LogP) is 2.87. The molecule has 108 valence electrons. The van der Waals surface area contributed by atoms with Crippen LogP contribution in [-0.4, -0.2) is 19.1 Å². The molecule has 2 aromatic rings. The van der Waals surface area contributed by atoms with E-state index in [0.29, 0.717) is 5.56 Å². The van der Waals surface area contributed by atoms with Crippen molar-refractivity contribution in [1.29, 1.82) is 5.26 Å². The monoisotopic (exact) mass is 280 g/mol. The van der Waals surface area contributed by atoms with Gasteiger partial charge in [0.1, 0.15) is 0 Å². The van der Waals surface area contributed by atoms with Gasteiger partial charge >= 0.3 is 0 Å². The maximum atomic E-state index is 8.94. The molecule has 2 rings (SSSR count). The van der Waals surface area contributed by atoms with Crippen LogP contribution in [0, 0.1) is 11.3 Å². The molecule has 0 radical (unpaired) electrons. The molecule has 1 heterocycles. The highest BCUT2D eigenvalue weighted by molar-refractivity contribution is 5.45. The maximum Gasteiger partial charge on any atom is 0.0991 e. The van der Waals surface area contributed by atoms with E-state index in [-0.39, 0.29) is 6.04 Å². The van der Waals surface area contributed by atoms with Gasteiger partial charge < -0.3 is 10.2 Å². The van der Waals surface area contributed by atoms with E-state index < -0.39 is 0 Å². The summed E-state index contributed by atoms with van der Waals surface area (Å²) in [5.41, 5.74) is 3.90. The van der Waals surface area contributed by atoms with E-state index in [9.17, 15) is 0 Å². The van der Waals surface area contributed by atoms with Gasteiger partial charge in [-0.15, -0.1) is 0 Å². The summed E-state index contributed by atoms with van der Waals surface area (Å²) in [6.45, 7) is 2.83. The zero-order valence-electron chi connectivity index (χ0n) is 12.7. The van der Waals surface area contributed by atoms with Crippen molar-refractivity contribution in [3.8, 4) is 6.07 Å². The van der Waals surface area contributed by atoms with Crippen LogP contribution in [0.25, 0.3) is 0 Å². The van der Waals surface area contributed by atoms with E-state index >= 15 is 0 Å². The zero-order chi connectivity index (χ0) is 15.2. The molecule has 0 aliphatic carbocycles. The fraction of sp³-hybridized carbons (Fsp3) is 0.294. The van der Waals surface area contributed by atoms with Crippen molar-refractivity contribution < 1.29 is 0 Å². The predicted molar refractivity (Wildman–Crippen MR) is 85.0 cm³/mol. The van der Waals surface area contributed by atoms with Crippen LogP contribution in [0.5, 0.6) is 0 Å². The number of aromatic nitrogens is 1. The number of nitrogens with one attached hydrogen (secondary N) is 1. The van der Waals surface area contributed by atoms with Crippen molar-refractivity contribution in [3.63, 3.8) is 0 Å². The minimum atomic E-state index is 0.247. The average molecular weight is 280 g/mol. The fourth-order valence-corrected chi connectivity index (χ4v) is 2.13. The molecule has 1 N–H and O–H groups in total. The molecule has 4 nitrogen and oxygen atoms in total. The Morgan fingerprint density at radius 3 is 2.76 bits per heavy atom. The number of anilines is 1. The van der Waals surface area contributed by atoms with Gasteiger partial charge in [-0.25, -0.2) is 0 Å². The minimum Gasteiger partial charge on any atom is -0.369 e. The van der Waals surface area contributed by atoms with Crippen LogP contribution in [0.4, 0.5) is 5.69 Å². The Morgan fingerprint density at radius 1 is 1.33 bits per heavy atom. The van der Waals surface area contributed by atoms with E-state index in [0.717, 1.165) is 23.5 Å². The molecule has 0 spiro atoms. The summed E-state index contributed by atoms with van der Waals surface area (Å²) in [7, 11) is 3.95. The molecular weight excluding hydrogens is 260 g/mol. The average Bonchev–Trinajstić information content (AvgIpc) is 2.54. The number of nitriles is 1. The molecule has 21 heavy (non-hydrogen) atoms. The normalized spacial score (nSPS) is 11.7. The van der Waals surface area contributed by atoms with Crippen molar-refractivity contribution >= 4 is 5.69 Å². The topological polar surface area (TPSA) is 52.0 Å². The first-order chi connectivity index (χ1) is 10.1. The van der Waals surface area contributed by atoms with Gasteiger partial charge in [0, 0.05) is 19.6 Å². The number of benzene rings is 1. The molecule has 1 aromatic heterocycles. The Balaban J connectivity index is 2.09. The molecular formula is C17H20N4. The highest BCUT2D eigenvalue weighted by Crippen LogP contribution is 2.17. The first-order valence-electron chi connectivity index (χ1n) is 6.97. The van der Waals surface area contributed by atoms with Crippen molar-refractivity contribution in [2.24, 2.45) is 0 Å². The third-order valence-electron chi connectivity index (χ3n) is 3.56. The highest BCUT2D eigenvalue weighted by Gasteiger charge is 2.07. The summed E-state index contributed by atoms with van der Waals surface area (Å²) < 4.78 is 0. The van der Waals surface area contributed by atoms with Crippen molar-refractivity contribution in [2.45, 2.75) is 19.5 Å². The highest BCUT2D eigenvalue weighted by atomic mass is 15.1. The number of hydrogen-bond donors (Lipinski definition) is 1. The Hall–Kier alpha value is -2.38. The molecule has 4 heteroatoms. The van der Waals surface area contributed by atoms with E-state index in [1.165, 1.54) is 0 Å². The Bertz CT molecular complexity index is 628. The number of pyridine rings is 1. The van der Waals surface area contributed by atoms with Gasteiger partial charge in [0.15, 0.2) is 0 Å². The van der Waals surface area contributed by atoms with E-state index in [2.05, 4.69) is 34.3 Å². The molecule has 0 amide bonds. The quantitative estimate of drug-likeness (QED) is 0.915. The minimum absolute atomic E-state index is 0.247. The first-order valence-corrected chi connectivity index (χ1v) is 6.97. The molecule has 0 aliphatic heterocycles. The largest absolute Gasteiger partial charge is 0.369 e. The van der Waals surface area contributed by atoms with Gasteiger partial charge in [-0.05, 0) is 43.8 Å². The molecule has 0 bridgehead atoms. The second-order valence-electron chi connectivity index (χ2n) is 5.12. The van der Waals surface area contributed by atoms with Crippen LogP contribution in [0.1, 0.15) is 29.8 Å². The van der Waals surface area contributed by atoms with Gasteiger partial charge in [0.05, 0.1) is 29.2 Å². The van der Waals surface area contributed by atoms with Crippen LogP contribution in [-0.2, 0) is 6.54 Å². The van der Waals surface area contributed by atoms with Crippen molar-refractivity contribution in [3.05, 3.63) is 59.4 Å². The lowest BCUT2D eigenvalue weighted by Crippen LogP contribution is -2.18. The maximum absolute atomic E-state index is 8.94. The molecule has 0 aliphatic rings. The van der Waals surface area contributed by atoms with Crippen LogP contribution >= 0.6 is 0 Å². The Labute approximate surface area is 126 Å². The SMILES string of the molecule is CNC(C)c1ccc(N(C)Cc2cccc(C#N)c2)cn1. The summed E-state index contributed by atoms with van der Waals surface area (Å²) in [4.78, 5) is 6.61. The summed E-state index contributed by atoms with van der Waals surface area (Å²) in [6.07, 6.45) is 1.89. The van der Waals surface area contributed by atoms with Crippen LogP contribution in [0.2, 0.25) is 0 Å². The van der Waals surface area contributed by atoms with E-state index in [4.69, 9.17) is 5.26 Å². The Morgan fingerprint density at radius 2 is 2.14 bits per heavy atom. The lowest BCUT2D eigenvalue weighted by Gasteiger charge is -2.20. The van der Waals surface area contributed by atoms with E-state index in [1.807, 2.05) is 50.6 Å². The van der Waals surface area contributed by atoms with Gasteiger partial charge in [-0.1, -0.05) is 12.1 Å². The molecule has 1 unspecified atom stereocenters. The van der Waals surface area contributed by atoms with Gasteiger partial charge in [0.25, 0.3) is 0 Å². The second-order valence-corrected chi connectivity index (χ2v) is 5.12. The summed E-state index contributed by atoms with van der Waals surface area (Å²) in [6, 6.07) is 14.2. The third-order valence-corrected chi connectivity index (χ3v) is 3.56. The number of nitrogens with zero attached hydrogens (tertiary/aromatic N) is 3. The summed E-state index contributed by atoms with van der Waals surface area (Å²) in [5.74, 6) is 0. The molecule has 1 aromatic carbocycles. The molecule has 0 saturated heterocycles. The Kier molecular flexibility index (Phi) is 4.91. The van der Waals surface area contributed by atoms with E-state index in [1.54, 1.807) is 0 Å². The third kappa shape index (κ3) is 3.80. The lowest BCUT2D eigenvalue weighted by molar-refractivity contribution is 0.632. The molecule has 0 saturated carbocycles.